The first-order valence-corrected chi connectivity index (χ1v) is 6.35. The van der Waals surface area contributed by atoms with Crippen LogP contribution >= 0.6 is 11.6 Å². The van der Waals surface area contributed by atoms with Gasteiger partial charge in [0.1, 0.15) is 5.75 Å². The molecule has 0 aliphatic carbocycles. The second-order valence-corrected chi connectivity index (χ2v) is 4.62. The normalized spacial score (nSPS) is 20.7. The van der Waals surface area contributed by atoms with Crippen LogP contribution in [0.5, 0.6) is 5.75 Å². The van der Waals surface area contributed by atoms with Gasteiger partial charge in [-0.05, 0) is 37.9 Å². The van der Waals surface area contributed by atoms with Crippen LogP contribution in [0.2, 0.25) is 5.02 Å². The lowest BCUT2D eigenvalue weighted by Crippen LogP contribution is -2.35. The Morgan fingerprint density at radius 1 is 1.31 bits per heavy atom. The lowest BCUT2D eigenvalue weighted by atomic mass is 10.0. The Labute approximate surface area is 102 Å². The predicted octanol–water partition coefficient (Wildman–Crippen LogP) is 3.25. The van der Waals surface area contributed by atoms with Gasteiger partial charge in [0.25, 0.3) is 0 Å². The number of piperidine rings is 1. The Morgan fingerprint density at radius 2 is 2.19 bits per heavy atom. The molecule has 1 atom stereocenters. The molecular weight excluding hydrogens is 222 g/mol. The molecule has 88 valence electrons. The quantitative estimate of drug-likeness (QED) is 0.871. The molecule has 1 aromatic rings. The van der Waals surface area contributed by atoms with Gasteiger partial charge in [0.05, 0.1) is 11.6 Å². The SMILES string of the molecule is Clc1ccccc1OCC[C@@H]1CCCCN1. The Hall–Kier alpha value is -0.730. The molecule has 1 fully saturated rings. The topological polar surface area (TPSA) is 21.3 Å². The van der Waals surface area contributed by atoms with Gasteiger partial charge in [0.2, 0.25) is 0 Å². The Kier molecular flexibility index (Phi) is 4.49. The molecule has 0 spiro atoms. The van der Waals surface area contributed by atoms with Crippen LogP contribution in [0.15, 0.2) is 24.3 Å². The first-order valence-electron chi connectivity index (χ1n) is 5.97. The van der Waals surface area contributed by atoms with Crippen LogP contribution in [0, 0.1) is 0 Å². The van der Waals surface area contributed by atoms with Gasteiger partial charge in [-0.25, -0.2) is 0 Å². The van der Waals surface area contributed by atoms with Crippen LogP contribution in [-0.4, -0.2) is 19.2 Å². The second kappa shape index (κ2) is 6.12. The third-order valence-corrected chi connectivity index (χ3v) is 3.29. The molecule has 0 radical (unpaired) electrons. The number of halogens is 1. The fourth-order valence-corrected chi connectivity index (χ4v) is 2.23. The molecule has 1 heterocycles. The van der Waals surface area contributed by atoms with Gasteiger partial charge in [0, 0.05) is 6.04 Å². The van der Waals surface area contributed by atoms with E-state index in [2.05, 4.69) is 5.32 Å². The molecule has 1 saturated heterocycles. The minimum absolute atomic E-state index is 0.622. The van der Waals surface area contributed by atoms with Crippen molar-refractivity contribution >= 4 is 11.6 Å². The number of hydrogen-bond acceptors (Lipinski definition) is 2. The summed E-state index contributed by atoms with van der Waals surface area (Å²) in [6.45, 7) is 1.89. The molecular formula is C13H18ClNO. The van der Waals surface area contributed by atoms with Crippen molar-refractivity contribution in [2.24, 2.45) is 0 Å². The van der Waals surface area contributed by atoms with E-state index in [1.54, 1.807) is 0 Å². The van der Waals surface area contributed by atoms with Gasteiger partial charge in [-0.3, -0.25) is 0 Å². The molecule has 16 heavy (non-hydrogen) atoms. The highest BCUT2D eigenvalue weighted by molar-refractivity contribution is 6.32. The first kappa shape index (κ1) is 11.7. The zero-order valence-corrected chi connectivity index (χ0v) is 10.2. The summed E-state index contributed by atoms with van der Waals surface area (Å²) in [5.74, 6) is 0.792. The van der Waals surface area contributed by atoms with Crippen LogP contribution in [0.1, 0.15) is 25.7 Å². The van der Waals surface area contributed by atoms with E-state index in [0.717, 1.165) is 25.3 Å². The lowest BCUT2D eigenvalue weighted by molar-refractivity contribution is 0.268. The van der Waals surface area contributed by atoms with Gasteiger partial charge in [-0.15, -0.1) is 0 Å². The summed E-state index contributed by atoms with van der Waals surface area (Å²) in [7, 11) is 0. The summed E-state index contributed by atoms with van der Waals surface area (Å²) in [5, 5.41) is 4.20. The zero-order valence-electron chi connectivity index (χ0n) is 9.42. The molecule has 0 saturated carbocycles. The molecule has 1 aromatic carbocycles. The van der Waals surface area contributed by atoms with E-state index in [1.807, 2.05) is 24.3 Å². The summed E-state index contributed by atoms with van der Waals surface area (Å²) in [6, 6.07) is 8.25. The number of ether oxygens (including phenoxy) is 1. The summed E-state index contributed by atoms with van der Waals surface area (Å²) < 4.78 is 5.67. The summed E-state index contributed by atoms with van der Waals surface area (Å²) >= 11 is 6.01. The van der Waals surface area contributed by atoms with Crippen molar-refractivity contribution in [2.45, 2.75) is 31.7 Å². The summed E-state index contributed by atoms with van der Waals surface area (Å²) in [5.41, 5.74) is 0. The van der Waals surface area contributed by atoms with Crippen molar-refractivity contribution in [3.8, 4) is 5.75 Å². The Morgan fingerprint density at radius 3 is 2.94 bits per heavy atom. The van der Waals surface area contributed by atoms with Crippen LogP contribution in [0.4, 0.5) is 0 Å². The molecule has 0 bridgehead atoms. The van der Waals surface area contributed by atoms with Crippen molar-refractivity contribution < 1.29 is 4.74 Å². The maximum absolute atomic E-state index is 6.01. The van der Waals surface area contributed by atoms with Gasteiger partial charge >= 0.3 is 0 Å². The summed E-state index contributed by atoms with van der Waals surface area (Å²) in [4.78, 5) is 0. The molecule has 3 heteroatoms. The molecule has 0 aromatic heterocycles. The van der Waals surface area contributed by atoms with Crippen LogP contribution in [-0.2, 0) is 0 Å². The molecule has 0 amide bonds. The minimum Gasteiger partial charge on any atom is -0.492 e. The van der Waals surface area contributed by atoms with E-state index in [4.69, 9.17) is 16.3 Å². The maximum Gasteiger partial charge on any atom is 0.137 e. The number of hydrogen-bond donors (Lipinski definition) is 1. The number of benzene rings is 1. The van der Waals surface area contributed by atoms with Crippen molar-refractivity contribution in [1.29, 1.82) is 0 Å². The van der Waals surface area contributed by atoms with Gasteiger partial charge in [-0.2, -0.15) is 0 Å². The van der Waals surface area contributed by atoms with E-state index < -0.39 is 0 Å². The molecule has 2 rings (SSSR count). The third-order valence-electron chi connectivity index (χ3n) is 2.97. The first-order chi connectivity index (χ1) is 7.86. The van der Waals surface area contributed by atoms with Gasteiger partial charge < -0.3 is 10.1 Å². The highest BCUT2D eigenvalue weighted by Crippen LogP contribution is 2.23. The van der Waals surface area contributed by atoms with Crippen LogP contribution < -0.4 is 10.1 Å². The van der Waals surface area contributed by atoms with Gasteiger partial charge in [-0.1, -0.05) is 30.2 Å². The predicted molar refractivity (Wildman–Crippen MR) is 67.2 cm³/mol. The van der Waals surface area contributed by atoms with Crippen molar-refractivity contribution in [3.63, 3.8) is 0 Å². The third kappa shape index (κ3) is 3.39. The van der Waals surface area contributed by atoms with Crippen molar-refractivity contribution in [1.82, 2.24) is 5.32 Å². The number of nitrogens with one attached hydrogen (secondary N) is 1. The van der Waals surface area contributed by atoms with Crippen molar-refractivity contribution in [3.05, 3.63) is 29.3 Å². The highest BCUT2D eigenvalue weighted by Gasteiger charge is 2.12. The second-order valence-electron chi connectivity index (χ2n) is 4.21. The smallest absolute Gasteiger partial charge is 0.137 e. The van der Waals surface area contributed by atoms with E-state index >= 15 is 0 Å². The minimum atomic E-state index is 0.622. The largest absolute Gasteiger partial charge is 0.492 e. The van der Waals surface area contributed by atoms with E-state index in [1.165, 1.54) is 19.3 Å². The van der Waals surface area contributed by atoms with E-state index in [-0.39, 0.29) is 0 Å². The summed E-state index contributed by atoms with van der Waals surface area (Å²) in [6.07, 6.45) is 4.97. The molecule has 2 nitrogen and oxygen atoms in total. The number of rotatable bonds is 4. The molecule has 1 aliphatic rings. The average molecular weight is 240 g/mol. The fourth-order valence-electron chi connectivity index (χ4n) is 2.04. The van der Waals surface area contributed by atoms with Crippen LogP contribution in [0.25, 0.3) is 0 Å². The van der Waals surface area contributed by atoms with E-state index in [9.17, 15) is 0 Å². The maximum atomic E-state index is 6.01. The number of para-hydroxylation sites is 1. The lowest BCUT2D eigenvalue weighted by Gasteiger charge is -2.23. The fraction of sp³-hybridized carbons (Fsp3) is 0.538. The average Bonchev–Trinajstić information content (AvgIpc) is 2.33. The monoisotopic (exact) mass is 239 g/mol. The molecule has 0 unspecified atom stereocenters. The van der Waals surface area contributed by atoms with Crippen molar-refractivity contribution in [2.75, 3.05) is 13.2 Å². The van der Waals surface area contributed by atoms with Crippen LogP contribution in [0.3, 0.4) is 0 Å². The van der Waals surface area contributed by atoms with E-state index in [0.29, 0.717) is 11.1 Å². The van der Waals surface area contributed by atoms with Gasteiger partial charge in [0.15, 0.2) is 0 Å². The molecule has 1 N–H and O–H groups in total. The zero-order chi connectivity index (χ0) is 11.2. The Balaban J connectivity index is 1.73. The highest BCUT2D eigenvalue weighted by atomic mass is 35.5. The molecule has 1 aliphatic heterocycles. The Bertz CT molecular complexity index is 323. The standard InChI is InChI=1S/C13H18ClNO/c14-12-6-1-2-7-13(12)16-10-8-11-5-3-4-9-15-11/h1-2,6-7,11,15H,3-5,8-10H2/t11-/m0/s1.